The zero-order valence-electron chi connectivity index (χ0n) is 18.3. The zero-order valence-corrected chi connectivity index (χ0v) is 18.3. The van der Waals surface area contributed by atoms with Gasteiger partial charge in [0.25, 0.3) is 5.56 Å². The lowest BCUT2D eigenvalue weighted by Gasteiger charge is -2.10. The third kappa shape index (κ3) is 4.57. The first-order chi connectivity index (χ1) is 16.0. The van der Waals surface area contributed by atoms with Gasteiger partial charge >= 0.3 is 6.18 Å². The highest BCUT2D eigenvalue weighted by Crippen LogP contribution is 2.30. The molecule has 2 aromatic carbocycles. The SMILES string of the molecule is Cc1c2cnn(CC(=O)Nc3cccc(C(F)(F)F)c3)c(=O)c2c(C)n1Cc1ccc(F)cc1. The molecule has 4 aromatic rings. The van der Waals surface area contributed by atoms with E-state index in [1.165, 1.54) is 30.5 Å². The monoisotopic (exact) mass is 472 g/mol. The molecule has 0 fully saturated rings. The Morgan fingerprint density at radius 2 is 1.76 bits per heavy atom. The molecular weight excluding hydrogens is 452 g/mol. The molecule has 0 aliphatic heterocycles. The number of fused-ring (bicyclic) bond motifs is 1. The third-order valence-corrected chi connectivity index (χ3v) is 5.63. The lowest BCUT2D eigenvalue weighted by Crippen LogP contribution is -2.29. The van der Waals surface area contributed by atoms with Gasteiger partial charge in [-0.15, -0.1) is 0 Å². The van der Waals surface area contributed by atoms with Gasteiger partial charge in [0.15, 0.2) is 0 Å². The van der Waals surface area contributed by atoms with Crippen molar-refractivity contribution >= 4 is 22.4 Å². The van der Waals surface area contributed by atoms with Gasteiger partial charge in [-0.05, 0) is 49.7 Å². The van der Waals surface area contributed by atoms with Crippen molar-refractivity contribution in [1.29, 1.82) is 0 Å². The van der Waals surface area contributed by atoms with Crippen molar-refractivity contribution in [2.75, 3.05) is 5.32 Å². The quantitative estimate of drug-likeness (QED) is 0.430. The summed E-state index contributed by atoms with van der Waals surface area (Å²) in [7, 11) is 0. The van der Waals surface area contributed by atoms with Gasteiger partial charge < -0.3 is 9.88 Å². The smallest absolute Gasteiger partial charge is 0.343 e. The summed E-state index contributed by atoms with van der Waals surface area (Å²) < 4.78 is 54.8. The number of aromatic nitrogens is 3. The molecule has 0 aliphatic rings. The number of nitrogens with one attached hydrogen (secondary N) is 1. The van der Waals surface area contributed by atoms with Crippen LogP contribution in [0.1, 0.15) is 22.5 Å². The van der Waals surface area contributed by atoms with E-state index in [0.717, 1.165) is 28.1 Å². The van der Waals surface area contributed by atoms with E-state index in [9.17, 15) is 27.2 Å². The highest BCUT2D eigenvalue weighted by molar-refractivity contribution is 5.91. The second-order valence-corrected chi connectivity index (χ2v) is 7.91. The summed E-state index contributed by atoms with van der Waals surface area (Å²) in [5, 5.41) is 7.47. The Balaban J connectivity index is 1.60. The largest absolute Gasteiger partial charge is 0.416 e. The van der Waals surface area contributed by atoms with Gasteiger partial charge in [-0.1, -0.05) is 18.2 Å². The number of halogens is 4. The van der Waals surface area contributed by atoms with Gasteiger partial charge in [-0.3, -0.25) is 9.59 Å². The minimum atomic E-state index is -4.54. The Morgan fingerprint density at radius 3 is 2.44 bits per heavy atom. The Labute approximate surface area is 191 Å². The Kier molecular flexibility index (Phi) is 5.99. The number of rotatable bonds is 5. The molecule has 0 spiro atoms. The zero-order chi connectivity index (χ0) is 24.6. The molecule has 1 N–H and O–H groups in total. The van der Waals surface area contributed by atoms with Crippen molar-refractivity contribution in [2.24, 2.45) is 0 Å². The van der Waals surface area contributed by atoms with Crippen LogP contribution < -0.4 is 10.9 Å². The fraction of sp³-hybridized carbons (Fsp3) is 0.208. The van der Waals surface area contributed by atoms with E-state index in [1.54, 1.807) is 19.1 Å². The summed E-state index contributed by atoms with van der Waals surface area (Å²) in [5.74, 6) is -1.03. The van der Waals surface area contributed by atoms with Gasteiger partial charge in [0.05, 0.1) is 17.1 Å². The molecule has 0 atom stereocenters. The summed E-state index contributed by atoms with van der Waals surface area (Å²) in [4.78, 5) is 25.5. The van der Waals surface area contributed by atoms with Crippen LogP contribution in [0.4, 0.5) is 23.2 Å². The van der Waals surface area contributed by atoms with Crippen molar-refractivity contribution in [3.8, 4) is 0 Å². The van der Waals surface area contributed by atoms with Crippen molar-refractivity contribution in [3.63, 3.8) is 0 Å². The summed E-state index contributed by atoms with van der Waals surface area (Å²) in [6.45, 7) is 3.56. The van der Waals surface area contributed by atoms with Crippen molar-refractivity contribution < 1.29 is 22.4 Å². The molecule has 4 rings (SSSR count). The molecule has 0 aliphatic carbocycles. The van der Waals surface area contributed by atoms with Crippen LogP contribution in [-0.2, 0) is 24.1 Å². The minimum absolute atomic E-state index is 0.0357. The van der Waals surface area contributed by atoms with Crippen LogP contribution in [0.2, 0.25) is 0 Å². The highest BCUT2D eigenvalue weighted by atomic mass is 19.4. The Bertz CT molecular complexity index is 1440. The first-order valence-electron chi connectivity index (χ1n) is 10.3. The predicted octanol–water partition coefficient (Wildman–Crippen LogP) is 4.66. The molecule has 0 bridgehead atoms. The van der Waals surface area contributed by atoms with Crippen LogP contribution >= 0.6 is 0 Å². The summed E-state index contributed by atoms with van der Waals surface area (Å²) in [6, 6.07) is 10.3. The van der Waals surface area contributed by atoms with Crippen LogP contribution in [0, 0.1) is 19.7 Å². The molecule has 10 heteroatoms. The maximum atomic E-state index is 13.2. The van der Waals surface area contributed by atoms with E-state index >= 15 is 0 Å². The summed E-state index contributed by atoms with van der Waals surface area (Å²) in [5.41, 5.74) is 0.886. The molecule has 176 valence electrons. The molecule has 0 radical (unpaired) electrons. The number of amides is 1. The topological polar surface area (TPSA) is 68.9 Å². The number of alkyl halides is 3. The maximum Gasteiger partial charge on any atom is 0.416 e. The van der Waals surface area contributed by atoms with Crippen LogP contribution in [0.25, 0.3) is 10.8 Å². The van der Waals surface area contributed by atoms with Crippen LogP contribution in [0.3, 0.4) is 0 Å². The third-order valence-electron chi connectivity index (χ3n) is 5.63. The van der Waals surface area contributed by atoms with Crippen LogP contribution in [0.5, 0.6) is 0 Å². The first-order valence-corrected chi connectivity index (χ1v) is 10.3. The molecule has 2 aromatic heterocycles. The molecule has 6 nitrogen and oxygen atoms in total. The number of nitrogens with zero attached hydrogens (tertiary/aromatic N) is 3. The first kappa shape index (κ1) is 23.2. The molecule has 0 saturated carbocycles. The van der Waals surface area contributed by atoms with E-state index in [1.807, 2.05) is 11.5 Å². The van der Waals surface area contributed by atoms with Gasteiger partial charge in [-0.2, -0.15) is 18.3 Å². The summed E-state index contributed by atoms with van der Waals surface area (Å²) >= 11 is 0. The van der Waals surface area contributed by atoms with Crippen molar-refractivity contribution in [3.05, 3.63) is 93.4 Å². The molecular formula is C24H20F4N4O2. The van der Waals surface area contributed by atoms with E-state index in [4.69, 9.17) is 0 Å². The second-order valence-electron chi connectivity index (χ2n) is 7.91. The van der Waals surface area contributed by atoms with Crippen molar-refractivity contribution in [1.82, 2.24) is 14.3 Å². The van der Waals surface area contributed by atoms with Crippen LogP contribution in [-0.4, -0.2) is 20.3 Å². The normalized spacial score (nSPS) is 11.7. The van der Waals surface area contributed by atoms with E-state index in [-0.39, 0.29) is 11.5 Å². The fourth-order valence-electron chi connectivity index (χ4n) is 3.88. The number of aryl methyl sites for hydroxylation is 2. The lowest BCUT2D eigenvalue weighted by atomic mass is 10.2. The van der Waals surface area contributed by atoms with Crippen LogP contribution in [0.15, 0.2) is 59.5 Å². The van der Waals surface area contributed by atoms with Gasteiger partial charge in [-0.25, -0.2) is 9.07 Å². The number of hydrogen-bond donors (Lipinski definition) is 1. The van der Waals surface area contributed by atoms with E-state index < -0.39 is 29.8 Å². The standard InChI is InChI=1S/C24H20F4N4O2/c1-14-20-11-29-32(13-21(33)30-19-5-3-4-17(10-19)24(26,27)28)23(34)22(20)15(2)31(14)12-16-6-8-18(25)9-7-16/h3-11H,12-13H2,1-2H3,(H,30,33). The molecule has 0 unspecified atom stereocenters. The minimum Gasteiger partial charge on any atom is -0.343 e. The van der Waals surface area contributed by atoms with Gasteiger partial charge in [0.1, 0.15) is 12.4 Å². The number of carbonyl (C=O) groups excluding carboxylic acids is 1. The van der Waals surface area contributed by atoms with E-state index in [0.29, 0.717) is 23.0 Å². The Hall–Kier alpha value is -3.95. The molecule has 2 heterocycles. The number of hydrogen-bond acceptors (Lipinski definition) is 3. The van der Waals surface area contributed by atoms with E-state index in [2.05, 4.69) is 10.4 Å². The average molecular weight is 472 g/mol. The maximum absolute atomic E-state index is 13.2. The van der Waals surface area contributed by atoms with Gasteiger partial charge in [0.2, 0.25) is 5.91 Å². The lowest BCUT2D eigenvalue weighted by molar-refractivity contribution is -0.137. The number of benzene rings is 2. The molecule has 1 amide bonds. The predicted molar refractivity (Wildman–Crippen MR) is 119 cm³/mol. The molecule has 34 heavy (non-hydrogen) atoms. The fourth-order valence-corrected chi connectivity index (χ4v) is 3.88. The highest BCUT2D eigenvalue weighted by Gasteiger charge is 2.30. The van der Waals surface area contributed by atoms with Gasteiger partial charge in [0, 0.05) is 29.0 Å². The number of carbonyl (C=O) groups is 1. The second kappa shape index (κ2) is 8.77. The average Bonchev–Trinajstić information content (AvgIpc) is 3.02. The Morgan fingerprint density at radius 1 is 1.06 bits per heavy atom. The molecule has 0 saturated heterocycles. The van der Waals surface area contributed by atoms with Crippen molar-refractivity contribution in [2.45, 2.75) is 33.1 Å². The number of anilines is 1. The summed E-state index contributed by atoms with van der Waals surface area (Å²) in [6.07, 6.45) is -3.06.